The number of nitrogens with zero attached hydrogens (tertiary/aromatic N) is 3. The molecule has 274 valence electrons. The average Bonchev–Trinajstić information content (AvgIpc) is 3.02. The predicted molar refractivity (Wildman–Crippen MR) is 202 cm³/mol. The Bertz CT molecular complexity index is 2430. The number of aromatic nitrogens is 4. The summed E-state index contributed by atoms with van der Waals surface area (Å²) in [4.78, 5) is 27.5. The molecule has 6 aromatic rings. The molecule has 0 saturated heterocycles. The molecular weight excluding hydrogens is 702 g/mol. The summed E-state index contributed by atoms with van der Waals surface area (Å²) in [7, 11) is -5.86. The molecule has 0 bridgehead atoms. The zero-order valence-electron chi connectivity index (χ0n) is 30.6. The molecule has 12 heteroatoms. The molecule has 0 amide bonds. The minimum absolute atomic E-state index is 0.188. The van der Waals surface area contributed by atoms with Crippen molar-refractivity contribution in [3.8, 4) is 50.9 Å². The predicted octanol–water partition coefficient (Wildman–Crippen LogP) is 9.61. The van der Waals surface area contributed by atoms with E-state index in [0.29, 0.717) is 16.8 Å². The van der Waals surface area contributed by atoms with E-state index in [9.17, 15) is 26.4 Å². The Morgan fingerprint density at radius 3 is 1.30 bits per heavy atom. The minimum Gasteiger partial charge on any atom is -0.354 e. The first-order chi connectivity index (χ1) is 24.8. The highest BCUT2D eigenvalue weighted by molar-refractivity contribution is 7.87. The maximum atomic E-state index is 12.7. The monoisotopic (exact) mass is 740 g/mol. The lowest BCUT2D eigenvalue weighted by molar-refractivity contribution is -0.0501. The smallest absolute Gasteiger partial charge is 0.354 e. The molecule has 2 aromatic heterocycles. The van der Waals surface area contributed by atoms with Crippen LogP contribution in [0.3, 0.4) is 0 Å². The summed E-state index contributed by atoms with van der Waals surface area (Å²) >= 11 is 0. The van der Waals surface area contributed by atoms with Crippen molar-refractivity contribution in [2.45, 2.75) is 60.9 Å². The molecule has 0 aliphatic heterocycles. The highest BCUT2D eigenvalue weighted by Gasteiger charge is 2.49. The van der Waals surface area contributed by atoms with Crippen molar-refractivity contribution in [1.29, 1.82) is 0 Å². The lowest BCUT2D eigenvalue weighted by atomic mass is 9.98. The van der Waals surface area contributed by atoms with Gasteiger partial charge in [-0.3, -0.25) is 4.79 Å². The van der Waals surface area contributed by atoms with E-state index >= 15 is 0 Å². The first kappa shape index (κ1) is 38.6. The van der Waals surface area contributed by atoms with Gasteiger partial charge in [0.25, 0.3) is 11.4 Å². The van der Waals surface area contributed by atoms with Gasteiger partial charge in [0, 0.05) is 22.3 Å². The highest BCUT2D eigenvalue weighted by Crippen LogP contribution is 2.34. The third-order valence-corrected chi connectivity index (χ3v) is 8.98. The molecule has 0 aliphatic rings. The molecule has 0 atom stereocenters. The van der Waals surface area contributed by atoms with Gasteiger partial charge in [0.1, 0.15) is 5.69 Å². The summed E-state index contributed by atoms with van der Waals surface area (Å²) < 4.78 is 65.2. The van der Waals surface area contributed by atoms with Crippen LogP contribution in [0.25, 0.3) is 45.0 Å². The van der Waals surface area contributed by atoms with Crippen molar-refractivity contribution in [1.82, 2.24) is 19.9 Å². The number of alkyl halides is 3. The summed E-state index contributed by atoms with van der Waals surface area (Å²) in [6.45, 7) is 15.8. The van der Waals surface area contributed by atoms with Crippen molar-refractivity contribution in [3.63, 3.8) is 0 Å². The van der Waals surface area contributed by atoms with Gasteiger partial charge < -0.3 is 9.17 Å². The van der Waals surface area contributed by atoms with Gasteiger partial charge in [-0.25, -0.2) is 15.0 Å². The van der Waals surface area contributed by atoms with Crippen LogP contribution in [0.1, 0.15) is 44.5 Å². The molecule has 0 spiro atoms. The molecule has 6 rings (SSSR count). The zero-order chi connectivity index (χ0) is 38.8. The Balaban J connectivity index is 0.000000211. The lowest BCUT2D eigenvalue weighted by Gasteiger charge is -2.14. The van der Waals surface area contributed by atoms with E-state index in [1.165, 1.54) is 17.3 Å². The summed E-state index contributed by atoms with van der Waals surface area (Å²) in [5.41, 5.74) is 8.20. The van der Waals surface area contributed by atoms with Crippen LogP contribution >= 0.6 is 0 Å². The van der Waals surface area contributed by atoms with Crippen LogP contribution in [0.15, 0.2) is 90.0 Å². The highest BCUT2D eigenvalue weighted by atomic mass is 32.2. The van der Waals surface area contributed by atoms with E-state index in [2.05, 4.69) is 88.2 Å². The van der Waals surface area contributed by atoms with Crippen molar-refractivity contribution in [2.24, 2.45) is 0 Å². The van der Waals surface area contributed by atoms with Crippen molar-refractivity contribution < 1.29 is 25.8 Å². The fraction of sp³-hybridized carbons (Fsp3) is 0.220. The summed E-state index contributed by atoms with van der Waals surface area (Å²) in [6, 6.07) is 23.8. The minimum atomic E-state index is -5.86. The Morgan fingerprint density at radius 2 is 0.887 bits per heavy atom. The van der Waals surface area contributed by atoms with Gasteiger partial charge in [-0.2, -0.15) is 21.6 Å². The Labute approximate surface area is 306 Å². The molecule has 0 aliphatic carbocycles. The third-order valence-electron chi connectivity index (χ3n) is 8.02. The van der Waals surface area contributed by atoms with Gasteiger partial charge in [-0.05, 0) is 104 Å². The number of H-pyrrole nitrogens is 1. The number of benzene rings is 4. The van der Waals surface area contributed by atoms with E-state index in [-0.39, 0.29) is 11.3 Å². The fourth-order valence-electron chi connectivity index (χ4n) is 6.27. The molecular formula is C41H39F3N4O4S. The van der Waals surface area contributed by atoms with E-state index in [0.717, 1.165) is 62.1 Å². The molecule has 2 heterocycles. The summed E-state index contributed by atoms with van der Waals surface area (Å²) in [5.74, 6) is -0.755. The summed E-state index contributed by atoms with van der Waals surface area (Å²) in [6.07, 6.45) is 2.22. The van der Waals surface area contributed by atoms with Crippen molar-refractivity contribution in [2.75, 3.05) is 0 Å². The van der Waals surface area contributed by atoms with Gasteiger partial charge in [0.2, 0.25) is 0 Å². The Morgan fingerprint density at radius 1 is 0.528 bits per heavy atom. The first-order valence-corrected chi connectivity index (χ1v) is 18.0. The van der Waals surface area contributed by atoms with Gasteiger partial charge in [-0.15, -0.1) is 0 Å². The zero-order valence-corrected chi connectivity index (χ0v) is 31.4. The number of hydrogen-bond acceptors (Lipinski definition) is 7. The molecule has 1 N–H and O–H groups in total. The van der Waals surface area contributed by atoms with Gasteiger partial charge in [0.05, 0.1) is 29.5 Å². The number of halogens is 3. The molecule has 0 fully saturated rings. The van der Waals surface area contributed by atoms with E-state index in [1.807, 2.05) is 52.0 Å². The molecule has 0 saturated carbocycles. The number of aromatic amines is 1. The average molecular weight is 741 g/mol. The van der Waals surface area contributed by atoms with Gasteiger partial charge in [-0.1, -0.05) is 68.8 Å². The third kappa shape index (κ3) is 9.44. The Hall–Kier alpha value is -5.62. The van der Waals surface area contributed by atoms with Crippen LogP contribution in [0.5, 0.6) is 5.88 Å². The van der Waals surface area contributed by atoms with Gasteiger partial charge >= 0.3 is 15.6 Å². The van der Waals surface area contributed by atoms with Crippen LogP contribution in [-0.2, 0) is 10.1 Å². The van der Waals surface area contributed by atoms with Crippen LogP contribution < -0.4 is 9.74 Å². The van der Waals surface area contributed by atoms with Crippen molar-refractivity contribution in [3.05, 3.63) is 140 Å². The maximum absolute atomic E-state index is 12.7. The fourth-order valence-corrected chi connectivity index (χ4v) is 6.67. The SMILES string of the molecule is Cc1cc(C)cc(-c2ncc(=O)[nH]c2-c2cc(C)cc(C)c2)c1.Cc1cc(C)cc(-c2ncc(OS(=O)(=O)C(F)(F)F)nc2-c2cc(C)cc(C)c2)c1. The first-order valence-electron chi connectivity index (χ1n) is 16.6. The topological polar surface area (TPSA) is 115 Å². The normalized spacial score (nSPS) is 11.5. The largest absolute Gasteiger partial charge is 0.534 e. The van der Waals surface area contributed by atoms with Crippen LogP contribution in [0, 0.1) is 55.4 Å². The molecule has 4 aromatic carbocycles. The van der Waals surface area contributed by atoms with E-state index in [4.69, 9.17) is 0 Å². The molecule has 0 radical (unpaired) electrons. The quantitative estimate of drug-likeness (QED) is 0.134. The second-order valence-corrected chi connectivity index (χ2v) is 14.9. The van der Waals surface area contributed by atoms with Gasteiger partial charge in [0.15, 0.2) is 0 Å². The van der Waals surface area contributed by atoms with Crippen molar-refractivity contribution >= 4 is 10.1 Å². The summed E-state index contributed by atoms with van der Waals surface area (Å²) in [5, 5.41) is 0. The van der Waals surface area contributed by atoms with Crippen LogP contribution in [0.2, 0.25) is 0 Å². The standard InChI is InChI=1S/C21H19F3N2O3S.C20H20N2O/c1-12-5-13(2)8-16(7-12)19-20(17-9-14(3)6-15(4)10-17)26-18(11-25-19)29-30(27,28)21(22,23)24;1-12-5-13(2)8-16(7-12)19-20(22-18(23)11-21-19)17-9-14(3)6-15(4)10-17/h5-11H,1-4H3;5-11H,1-4H3,(H,22,23). The number of aryl methyl sites for hydroxylation is 8. The Kier molecular flexibility index (Phi) is 11.0. The lowest BCUT2D eigenvalue weighted by Crippen LogP contribution is -2.28. The molecule has 0 unspecified atom stereocenters. The molecule has 8 nitrogen and oxygen atoms in total. The number of hydrogen-bond donors (Lipinski definition) is 1. The number of nitrogens with one attached hydrogen (secondary N) is 1. The van der Waals surface area contributed by atoms with E-state index in [1.54, 1.807) is 12.1 Å². The maximum Gasteiger partial charge on any atom is 0.534 e. The molecule has 53 heavy (non-hydrogen) atoms. The van der Waals surface area contributed by atoms with Crippen LogP contribution in [0.4, 0.5) is 13.2 Å². The second kappa shape index (κ2) is 15.2. The number of rotatable bonds is 6. The van der Waals surface area contributed by atoms with Crippen LogP contribution in [-0.4, -0.2) is 33.9 Å². The second-order valence-electron chi connectivity index (χ2n) is 13.4. The van der Waals surface area contributed by atoms with E-state index < -0.39 is 21.5 Å².